The number of fused-ring (bicyclic) bond motifs is 1. The van der Waals surface area contributed by atoms with Crippen molar-refractivity contribution in [2.24, 2.45) is 0 Å². The summed E-state index contributed by atoms with van der Waals surface area (Å²) in [6.07, 6.45) is 0. The lowest BCUT2D eigenvalue weighted by Gasteiger charge is -2.24. The molecule has 0 radical (unpaired) electrons. The Labute approximate surface area is 163 Å². The average Bonchev–Trinajstić information content (AvgIpc) is 3.08. The minimum absolute atomic E-state index is 0.0818. The van der Waals surface area contributed by atoms with E-state index < -0.39 is 0 Å². The maximum absolute atomic E-state index is 13.5. The predicted octanol–water partition coefficient (Wildman–Crippen LogP) is 4.73. The zero-order chi connectivity index (χ0) is 19.4. The molecule has 0 aliphatic rings. The second kappa shape index (κ2) is 8.59. The van der Waals surface area contributed by atoms with Gasteiger partial charge in [0.05, 0.1) is 10.2 Å². The minimum Gasteiger partial charge on any atom is -0.302 e. The highest BCUT2D eigenvalue weighted by molar-refractivity contribution is 7.22. The minimum atomic E-state index is -0.294. The normalized spacial score (nSPS) is 11.3. The van der Waals surface area contributed by atoms with Crippen molar-refractivity contribution in [2.75, 3.05) is 31.1 Å². The Kier molecular flexibility index (Phi) is 6.19. The van der Waals surface area contributed by atoms with Crippen molar-refractivity contribution in [1.29, 1.82) is 0 Å². The third-order valence-electron chi connectivity index (χ3n) is 4.65. The second-order valence-corrected chi connectivity index (χ2v) is 7.47. The van der Waals surface area contributed by atoms with Gasteiger partial charge in [0.1, 0.15) is 5.82 Å². The van der Waals surface area contributed by atoms with Gasteiger partial charge in [0, 0.05) is 18.7 Å². The molecule has 0 unspecified atom stereocenters. The van der Waals surface area contributed by atoms with Crippen molar-refractivity contribution in [3.8, 4) is 0 Å². The molecule has 0 N–H and O–H groups in total. The monoisotopic (exact) mass is 385 g/mol. The summed E-state index contributed by atoms with van der Waals surface area (Å²) in [6.45, 7) is 9.36. The van der Waals surface area contributed by atoms with Gasteiger partial charge in [-0.05, 0) is 50.3 Å². The summed E-state index contributed by atoms with van der Waals surface area (Å²) < 4.78 is 14.3. The summed E-state index contributed by atoms with van der Waals surface area (Å²) >= 11 is 1.35. The second-order valence-electron chi connectivity index (χ2n) is 6.46. The molecule has 0 saturated carbocycles. The summed E-state index contributed by atoms with van der Waals surface area (Å²) in [5.41, 5.74) is 2.45. The zero-order valence-corrected chi connectivity index (χ0v) is 16.7. The van der Waals surface area contributed by atoms with Crippen LogP contribution in [0.5, 0.6) is 0 Å². The first-order valence-corrected chi connectivity index (χ1v) is 10.0. The molecule has 27 heavy (non-hydrogen) atoms. The summed E-state index contributed by atoms with van der Waals surface area (Å²) in [5, 5.41) is 0.605. The number of hydrogen-bond acceptors (Lipinski definition) is 4. The number of carbonyl (C=O) groups excluding carboxylic acids is 1. The lowest BCUT2D eigenvalue weighted by molar-refractivity contribution is 0.0984. The fraction of sp³-hybridized carbons (Fsp3) is 0.333. The van der Waals surface area contributed by atoms with Crippen LogP contribution in [0.4, 0.5) is 9.52 Å². The standard InChI is InChI=1S/C21H24FN3OS/c1-4-24(5-2)12-13-25(20(26)16-8-6-15(3)7-9-16)21-23-18-11-10-17(22)14-19(18)27-21/h6-11,14H,4-5,12-13H2,1-3H3. The van der Waals surface area contributed by atoms with Crippen LogP contribution in [-0.2, 0) is 0 Å². The van der Waals surface area contributed by atoms with Crippen molar-refractivity contribution >= 4 is 32.6 Å². The summed E-state index contributed by atoms with van der Waals surface area (Å²) in [4.78, 5) is 21.8. The summed E-state index contributed by atoms with van der Waals surface area (Å²) in [6, 6.07) is 12.1. The molecule has 2 aromatic carbocycles. The first kappa shape index (κ1) is 19.5. The Morgan fingerprint density at radius 1 is 1.07 bits per heavy atom. The number of rotatable bonds is 7. The van der Waals surface area contributed by atoms with Gasteiger partial charge in [-0.2, -0.15) is 0 Å². The quantitative estimate of drug-likeness (QED) is 0.590. The van der Waals surface area contributed by atoms with E-state index in [1.54, 1.807) is 11.0 Å². The molecule has 3 aromatic rings. The van der Waals surface area contributed by atoms with E-state index in [1.165, 1.54) is 23.5 Å². The molecular formula is C21H24FN3OS. The van der Waals surface area contributed by atoms with Crippen LogP contribution in [0.25, 0.3) is 10.2 Å². The van der Waals surface area contributed by atoms with E-state index >= 15 is 0 Å². The highest BCUT2D eigenvalue weighted by Crippen LogP contribution is 2.30. The fourth-order valence-electron chi connectivity index (χ4n) is 2.92. The van der Waals surface area contributed by atoms with Crippen LogP contribution < -0.4 is 4.90 Å². The number of halogens is 1. The average molecular weight is 386 g/mol. The number of hydrogen-bond donors (Lipinski definition) is 0. The Balaban J connectivity index is 1.94. The number of benzene rings is 2. The van der Waals surface area contributed by atoms with Gasteiger partial charge in [0.2, 0.25) is 0 Å². The number of aryl methyl sites for hydroxylation is 1. The van der Waals surface area contributed by atoms with E-state index in [-0.39, 0.29) is 11.7 Å². The zero-order valence-electron chi connectivity index (χ0n) is 15.9. The Morgan fingerprint density at radius 2 is 1.78 bits per heavy atom. The number of amides is 1. The number of thiazole rings is 1. The smallest absolute Gasteiger partial charge is 0.260 e. The van der Waals surface area contributed by atoms with E-state index in [4.69, 9.17) is 0 Å². The van der Waals surface area contributed by atoms with Crippen LogP contribution in [0.15, 0.2) is 42.5 Å². The molecule has 0 saturated heterocycles. The molecule has 0 aliphatic heterocycles. The molecule has 1 heterocycles. The van der Waals surface area contributed by atoms with Crippen LogP contribution in [0.1, 0.15) is 29.8 Å². The SMILES string of the molecule is CCN(CC)CCN(C(=O)c1ccc(C)cc1)c1nc2ccc(F)cc2s1. The first-order chi connectivity index (χ1) is 13.0. The van der Waals surface area contributed by atoms with Gasteiger partial charge in [-0.25, -0.2) is 9.37 Å². The molecule has 0 spiro atoms. The predicted molar refractivity (Wildman–Crippen MR) is 110 cm³/mol. The fourth-order valence-corrected chi connectivity index (χ4v) is 3.93. The lowest BCUT2D eigenvalue weighted by atomic mass is 10.1. The molecule has 0 aliphatic carbocycles. The van der Waals surface area contributed by atoms with Gasteiger partial charge in [0.25, 0.3) is 5.91 Å². The van der Waals surface area contributed by atoms with Gasteiger partial charge in [-0.3, -0.25) is 9.69 Å². The highest BCUT2D eigenvalue weighted by Gasteiger charge is 2.22. The maximum Gasteiger partial charge on any atom is 0.260 e. The summed E-state index contributed by atoms with van der Waals surface area (Å²) in [5.74, 6) is -0.376. The van der Waals surface area contributed by atoms with Gasteiger partial charge in [0.15, 0.2) is 5.13 Å². The molecule has 3 rings (SSSR count). The number of likely N-dealkylation sites (N-methyl/N-ethyl adjacent to an activating group) is 1. The topological polar surface area (TPSA) is 36.4 Å². The highest BCUT2D eigenvalue weighted by atomic mass is 32.1. The van der Waals surface area contributed by atoms with Crippen LogP contribution in [-0.4, -0.2) is 42.0 Å². The van der Waals surface area contributed by atoms with Crippen LogP contribution in [0.2, 0.25) is 0 Å². The van der Waals surface area contributed by atoms with Crippen molar-refractivity contribution in [3.05, 3.63) is 59.4 Å². The molecule has 1 amide bonds. The van der Waals surface area contributed by atoms with Crippen LogP contribution >= 0.6 is 11.3 Å². The summed E-state index contributed by atoms with van der Waals surface area (Å²) in [7, 11) is 0. The van der Waals surface area contributed by atoms with Gasteiger partial charge < -0.3 is 4.90 Å². The molecule has 1 aromatic heterocycles. The van der Waals surface area contributed by atoms with E-state index in [0.29, 0.717) is 22.8 Å². The number of nitrogens with zero attached hydrogens (tertiary/aromatic N) is 3. The Morgan fingerprint density at radius 3 is 2.44 bits per heavy atom. The molecular weight excluding hydrogens is 361 g/mol. The van der Waals surface area contributed by atoms with Crippen molar-refractivity contribution < 1.29 is 9.18 Å². The van der Waals surface area contributed by atoms with E-state index in [9.17, 15) is 9.18 Å². The van der Waals surface area contributed by atoms with Crippen LogP contribution in [0, 0.1) is 12.7 Å². The molecule has 6 heteroatoms. The molecule has 4 nitrogen and oxygen atoms in total. The third kappa shape index (κ3) is 4.51. The number of anilines is 1. The largest absolute Gasteiger partial charge is 0.302 e. The molecule has 0 fully saturated rings. The molecule has 142 valence electrons. The van der Waals surface area contributed by atoms with E-state index in [2.05, 4.69) is 23.7 Å². The van der Waals surface area contributed by atoms with Crippen molar-refractivity contribution in [3.63, 3.8) is 0 Å². The van der Waals surface area contributed by atoms with Crippen molar-refractivity contribution in [2.45, 2.75) is 20.8 Å². The Bertz CT molecular complexity index is 919. The lowest BCUT2D eigenvalue weighted by Crippen LogP contribution is -2.38. The molecule has 0 atom stereocenters. The molecule has 0 bridgehead atoms. The van der Waals surface area contributed by atoms with E-state index in [0.717, 1.165) is 29.9 Å². The van der Waals surface area contributed by atoms with Crippen LogP contribution in [0.3, 0.4) is 0 Å². The van der Waals surface area contributed by atoms with Crippen molar-refractivity contribution in [1.82, 2.24) is 9.88 Å². The van der Waals surface area contributed by atoms with Gasteiger partial charge in [-0.15, -0.1) is 0 Å². The number of aromatic nitrogens is 1. The number of carbonyl (C=O) groups is 1. The van der Waals surface area contributed by atoms with E-state index in [1.807, 2.05) is 31.2 Å². The van der Waals surface area contributed by atoms with Gasteiger partial charge >= 0.3 is 0 Å². The first-order valence-electron chi connectivity index (χ1n) is 9.18. The van der Waals surface area contributed by atoms with Gasteiger partial charge in [-0.1, -0.05) is 42.9 Å². The maximum atomic E-state index is 13.5. The third-order valence-corrected chi connectivity index (χ3v) is 5.69. The Hall–Kier alpha value is -2.31.